The number of nitrogens with one attached hydrogen (secondary N) is 1. The lowest BCUT2D eigenvalue weighted by Crippen LogP contribution is -2.56. The first-order valence-electron chi connectivity index (χ1n) is 10.5. The lowest BCUT2D eigenvalue weighted by atomic mass is 9.88. The predicted molar refractivity (Wildman–Crippen MR) is 107 cm³/mol. The predicted octanol–water partition coefficient (Wildman–Crippen LogP) is 2.22. The molecule has 0 aromatic rings. The Bertz CT molecular complexity index is 482. The second kappa shape index (κ2) is 10.3. The first kappa shape index (κ1) is 22.0. The van der Waals surface area contributed by atoms with E-state index in [9.17, 15) is 9.59 Å². The van der Waals surface area contributed by atoms with Crippen molar-refractivity contribution >= 4 is 12.0 Å². The number of carbonyl (C=O) groups is 2. The van der Waals surface area contributed by atoms with Crippen molar-refractivity contribution in [2.45, 2.75) is 69.9 Å². The Balaban J connectivity index is 1.83. The van der Waals surface area contributed by atoms with Crippen molar-refractivity contribution < 1.29 is 14.7 Å². The van der Waals surface area contributed by atoms with Crippen molar-refractivity contribution in [1.82, 2.24) is 20.0 Å². The van der Waals surface area contributed by atoms with Crippen LogP contribution in [0.4, 0.5) is 4.79 Å². The van der Waals surface area contributed by atoms with E-state index in [1.165, 1.54) is 25.7 Å². The summed E-state index contributed by atoms with van der Waals surface area (Å²) in [6.07, 6.45) is 9.02. The zero-order chi connectivity index (χ0) is 19.9. The van der Waals surface area contributed by atoms with Crippen LogP contribution in [0.5, 0.6) is 0 Å². The number of carbonyl (C=O) groups excluding carboxylic acids is 1. The van der Waals surface area contributed by atoms with Gasteiger partial charge >= 0.3 is 12.0 Å². The monoisotopic (exact) mass is 382 g/mol. The molecular weight excluding hydrogens is 344 g/mol. The van der Waals surface area contributed by atoms with E-state index in [0.29, 0.717) is 19.6 Å². The maximum atomic E-state index is 12.7. The molecule has 0 radical (unpaired) electrons. The van der Waals surface area contributed by atoms with Crippen molar-refractivity contribution in [2.75, 3.05) is 46.8 Å². The summed E-state index contributed by atoms with van der Waals surface area (Å²) in [7, 11) is 4.26. The van der Waals surface area contributed by atoms with Crippen LogP contribution in [0.25, 0.3) is 0 Å². The fourth-order valence-corrected chi connectivity index (χ4v) is 4.63. The molecule has 1 saturated carbocycles. The third-order valence-corrected chi connectivity index (χ3v) is 6.56. The molecule has 0 atom stereocenters. The normalized spacial score (nSPS) is 21.3. The highest BCUT2D eigenvalue weighted by atomic mass is 16.4. The zero-order valence-electron chi connectivity index (χ0n) is 17.4. The maximum absolute atomic E-state index is 12.7. The van der Waals surface area contributed by atoms with Crippen LogP contribution in [0, 0.1) is 0 Å². The standard InChI is InChI=1S/C20H38N4O3/c1-4-23(15-18(25)26)17-9-13-24(14-10-17)19(27)21-16-20(22(2)3)11-7-5-6-8-12-20/h17H,4-16H2,1-3H3,(H,21,27)(H,25,26). The smallest absolute Gasteiger partial charge is 0.317 e. The lowest BCUT2D eigenvalue weighted by Gasteiger charge is -2.41. The van der Waals surface area contributed by atoms with Crippen molar-refractivity contribution in [2.24, 2.45) is 0 Å². The van der Waals surface area contributed by atoms with Crippen molar-refractivity contribution in [3.8, 4) is 0 Å². The van der Waals surface area contributed by atoms with Crippen molar-refractivity contribution in [3.63, 3.8) is 0 Å². The fourth-order valence-electron chi connectivity index (χ4n) is 4.63. The summed E-state index contributed by atoms with van der Waals surface area (Å²) < 4.78 is 0. The van der Waals surface area contributed by atoms with Gasteiger partial charge < -0.3 is 20.2 Å². The number of rotatable bonds is 7. The van der Waals surface area contributed by atoms with E-state index in [1.807, 2.05) is 16.7 Å². The van der Waals surface area contributed by atoms with E-state index in [4.69, 9.17) is 5.11 Å². The molecule has 0 unspecified atom stereocenters. The van der Waals surface area contributed by atoms with Gasteiger partial charge in [0.15, 0.2) is 0 Å². The second-order valence-corrected chi connectivity index (χ2v) is 8.37. The number of carboxylic acid groups (broad SMARTS) is 1. The summed E-state index contributed by atoms with van der Waals surface area (Å²) in [5.74, 6) is -0.783. The van der Waals surface area contributed by atoms with Gasteiger partial charge in [0.25, 0.3) is 0 Å². The van der Waals surface area contributed by atoms with Gasteiger partial charge in [0.05, 0.1) is 6.54 Å². The topological polar surface area (TPSA) is 76.1 Å². The summed E-state index contributed by atoms with van der Waals surface area (Å²) >= 11 is 0. The minimum Gasteiger partial charge on any atom is -0.480 e. The molecule has 2 amide bonds. The molecule has 2 fully saturated rings. The first-order chi connectivity index (χ1) is 12.9. The minimum atomic E-state index is -0.783. The van der Waals surface area contributed by atoms with Crippen LogP contribution in [0.1, 0.15) is 58.3 Å². The fraction of sp³-hybridized carbons (Fsp3) is 0.900. The molecule has 7 heteroatoms. The molecule has 27 heavy (non-hydrogen) atoms. The molecular formula is C20H38N4O3. The summed E-state index contributed by atoms with van der Waals surface area (Å²) in [6, 6.07) is 0.283. The highest BCUT2D eigenvalue weighted by Gasteiger charge is 2.34. The Morgan fingerprint density at radius 2 is 1.70 bits per heavy atom. The van der Waals surface area contributed by atoms with Crippen molar-refractivity contribution in [1.29, 1.82) is 0 Å². The van der Waals surface area contributed by atoms with E-state index in [0.717, 1.165) is 32.2 Å². The molecule has 2 rings (SSSR count). The summed E-state index contributed by atoms with van der Waals surface area (Å²) in [5.41, 5.74) is 0.0744. The summed E-state index contributed by atoms with van der Waals surface area (Å²) in [4.78, 5) is 29.9. The van der Waals surface area contributed by atoms with Crippen LogP contribution in [0.15, 0.2) is 0 Å². The average molecular weight is 383 g/mol. The Hall–Kier alpha value is -1.34. The number of likely N-dealkylation sites (tertiary alicyclic amines) is 1. The average Bonchev–Trinajstić information content (AvgIpc) is 2.91. The molecule has 0 spiro atoms. The van der Waals surface area contributed by atoms with Crippen LogP contribution in [-0.2, 0) is 4.79 Å². The molecule has 0 bridgehead atoms. The van der Waals surface area contributed by atoms with Gasteiger partial charge in [0.2, 0.25) is 0 Å². The van der Waals surface area contributed by atoms with Crippen LogP contribution < -0.4 is 5.32 Å². The SMILES string of the molecule is CCN(CC(=O)O)C1CCN(C(=O)NCC2(N(C)C)CCCCCC2)CC1. The third-order valence-electron chi connectivity index (χ3n) is 6.56. The molecule has 2 aliphatic rings. The number of piperidine rings is 1. The van der Waals surface area contributed by atoms with E-state index in [1.54, 1.807) is 0 Å². The second-order valence-electron chi connectivity index (χ2n) is 8.37. The number of aliphatic carboxylic acids is 1. The van der Waals surface area contributed by atoms with E-state index in [2.05, 4.69) is 24.3 Å². The number of carboxylic acids is 1. The number of hydrogen-bond acceptors (Lipinski definition) is 4. The largest absolute Gasteiger partial charge is 0.480 e. The number of urea groups is 1. The summed E-state index contributed by atoms with van der Waals surface area (Å²) in [6.45, 7) is 4.91. The van der Waals surface area contributed by atoms with Crippen LogP contribution in [0.3, 0.4) is 0 Å². The number of likely N-dealkylation sites (N-methyl/N-ethyl adjacent to an activating group) is 2. The Kier molecular flexibility index (Phi) is 8.35. The molecule has 0 aromatic carbocycles. The van der Waals surface area contributed by atoms with Gasteiger partial charge in [-0.05, 0) is 46.3 Å². The van der Waals surface area contributed by atoms with Gasteiger partial charge in [-0.15, -0.1) is 0 Å². The van der Waals surface area contributed by atoms with Gasteiger partial charge in [-0.2, -0.15) is 0 Å². The van der Waals surface area contributed by atoms with Crippen molar-refractivity contribution in [3.05, 3.63) is 0 Å². The number of nitrogens with zero attached hydrogens (tertiary/aromatic N) is 3. The van der Waals surface area contributed by atoms with Gasteiger partial charge in [-0.25, -0.2) is 4.79 Å². The quantitative estimate of drug-likeness (QED) is 0.661. The minimum absolute atomic E-state index is 0.0280. The van der Waals surface area contributed by atoms with Gasteiger partial charge in [-0.3, -0.25) is 9.69 Å². The third kappa shape index (κ3) is 6.07. The van der Waals surface area contributed by atoms with E-state index >= 15 is 0 Å². The highest BCUT2D eigenvalue weighted by molar-refractivity contribution is 5.74. The van der Waals surface area contributed by atoms with Crippen LogP contribution in [-0.4, -0.2) is 90.2 Å². The maximum Gasteiger partial charge on any atom is 0.317 e. The first-order valence-corrected chi connectivity index (χ1v) is 10.5. The molecule has 7 nitrogen and oxygen atoms in total. The van der Waals surface area contributed by atoms with Gasteiger partial charge in [0, 0.05) is 31.2 Å². The Morgan fingerprint density at radius 1 is 1.11 bits per heavy atom. The molecule has 1 aliphatic carbocycles. The molecule has 0 aromatic heterocycles. The molecule has 1 heterocycles. The lowest BCUT2D eigenvalue weighted by molar-refractivity contribution is -0.139. The zero-order valence-corrected chi connectivity index (χ0v) is 17.4. The molecule has 156 valence electrons. The van der Waals surface area contributed by atoms with E-state index < -0.39 is 5.97 Å². The number of hydrogen-bond donors (Lipinski definition) is 2. The van der Waals surface area contributed by atoms with Crippen LogP contribution in [0.2, 0.25) is 0 Å². The molecule has 1 aliphatic heterocycles. The number of amides is 2. The van der Waals surface area contributed by atoms with E-state index in [-0.39, 0.29) is 24.2 Å². The molecule has 1 saturated heterocycles. The summed E-state index contributed by atoms with van der Waals surface area (Å²) in [5, 5.41) is 12.2. The van der Waals surface area contributed by atoms with Crippen LogP contribution >= 0.6 is 0 Å². The van der Waals surface area contributed by atoms with Gasteiger partial charge in [0.1, 0.15) is 0 Å². The van der Waals surface area contributed by atoms with Gasteiger partial charge in [-0.1, -0.05) is 32.6 Å². The molecule has 2 N–H and O–H groups in total. The Morgan fingerprint density at radius 3 is 2.19 bits per heavy atom. The Labute approximate surface area is 164 Å². The highest BCUT2D eigenvalue weighted by Crippen LogP contribution is 2.30.